The van der Waals surface area contributed by atoms with Crippen LogP contribution in [0.3, 0.4) is 0 Å². The number of fused-ring (bicyclic) bond motifs is 1. The molecule has 2 aromatic heterocycles. The van der Waals surface area contributed by atoms with Gasteiger partial charge in [0.15, 0.2) is 5.96 Å². The minimum atomic E-state index is 0. The van der Waals surface area contributed by atoms with Crippen molar-refractivity contribution in [2.45, 2.75) is 32.7 Å². The number of hydrogen-bond donors (Lipinski definition) is 2. The van der Waals surface area contributed by atoms with Crippen LogP contribution in [0.1, 0.15) is 30.5 Å². The molecule has 2 N–H and O–H groups in total. The molecule has 2 unspecified atom stereocenters. The highest BCUT2D eigenvalue weighted by molar-refractivity contribution is 14.0. The van der Waals surface area contributed by atoms with Crippen molar-refractivity contribution in [3.8, 4) is 0 Å². The largest absolute Gasteiger partial charge is 0.361 e. The molecule has 0 radical (unpaired) electrons. The molecular formula is C22H31IN6. The van der Waals surface area contributed by atoms with Crippen LogP contribution in [0.15, 0.2) is 48.1 Å². The van der Waals surface area contributed by atoms with Crippen molar-refractivity contribution in [2.24, 2.45) is 10.9 Å². The third kappa shape index (κ3) is 4.76. The van der Waals surface area contributed by atoms with Gasteiger partial charge < -0.3 is 19.8 Å². The van der Waals surface area contributed by atoms with Crippen LogP contribution in [0.4, 0.5) is 0 Å². The molecule has 1 aliphatic heterocycles. The highest BCUT2D eigenvalue weighted by Gasteiger charge is 2.28. The van der Waals surface area contributed by atoms with E-state index in [0.717, 1.165) is 38.4 Å². The number of hydrogen-bond acceptors (Lipinski definition) is 2. The van der Waals surface area contributed by atoms with E-state index in [-0.39, 0.29) is 24.0 Å². The molecule has 0 spiro atoms. The molecule has 0 amide bonds. The van der Waals surface area contributed by atoms with E-state index in [1.807, 2.05) is 19.6 Å². The molecule has 6 nitrogen and oxygen atoms in total. The summed E-state index contributed by atoms with van der Waals surface area (Å²) in [5.74, 6) is 1.63. The lowest BCUT2D eigenvalue weighted by Gasteiger charge is -2.39. The highest BCUT2D eigenvalue weighted by Crippen LogP contribution is 2.27. The summed E-state index contributed by atoms with van der Waals surface area (Å²) in [6, 6.07) is 7.03. The number of benzene rings is 1. The zero-order valence-electron chi connectivity index (χ0n) is 17.4. The van der Waals surface area contributed by atoms with Crippen LogP contribution in [0.5, 0.6) is 0 Å². The number of aromatic nitrogens is 3. The maximum atomic E-state index is 4.54. The zero-order chi connectivity index (χ0) is 19.5. The molecular weight excluding hydrogens is 475 g/mol. The van der Waals surface area contributed by atoms with E-state index < -0.39 is 0 Å². The highest BCUT2D eigenvalue weighted by atomic mass is 127. The van der Waals surface area contributed by atoms with Crippen molar-refractivity contribution >= 4 is 40.8 Å². The Labute approximate surface area is 189 Å². The Morgan fingerprint density at radius 1 is 1.38 bits per heavy atom. The summed E-state index contributed by atoms with van der Waals surface area (Å²) in [4.78, 5) is 14.5. The lowest BCUT2D eigenvalue weighted by molar-refractivity contribution is 0.189. The number of aryl methyl sites for hydroxylation is 1. The summed E-state index contributed by atoms with van der Waals surface area (Å²) < 4.78 is 2.23. The van der Waals surface area contributed by atoms with E-state index in [9.17, 15) is 0 Å². The van der Waals surface area contributed by atoms with Crippen molar-refractivity contribution in [1.29, 1.82) is 0 Å². The van der Waals surface area contributed by atoms with Crippen LogP contribution in [-0.4, -0.2) is 52.1 Å². The molecule has 2 atom stereocenters. The van der Waals surface area contributed by atoms with Gasteiger partial charge in [0.25, 0.3) is 0 Å². The van der Waals surface area contributed by atoms with Gasteiger partial charge in [-0.2, -0.15) is 0 Å². The fourth-order valence-electron chi connectivity index (χ4n) is 4.24. The molecule has 1 aliphatic rings. The van der Waals surface area contributed by atoms with Crippen LogP contribution in [0.25, 0.3) is 10.9 Å². The Morgan fingerprint density at radius 2 is 2.24 bits per heavy atom. The molecule has 0 saturated carbocycles. The Kier molecular flexibility index (Phi) is 7.21. The van der Waals surface area contributed by atoms with Crippen molar-refractivity contribution in [1.82, 2.24) is 24.8 Å². The van der Waals surface area contributed by atoms with Crippen molar-refractivity contribution in [2.75, 3.05) is 26.7 Å². The third-order valence-corrected chi connectivity index (χ3v) is 5.94. The van der Waals surface area contributed by atoms with Gasteiger partial charge in [0.1, 0.15) is 0 Å². The predicted octanol–water partition coefficient (Wildman–Crippen LogP) is 3.99. The van der Waals surface area contributed by atoms with Gasteiger partial charge in [0, 0.05) is 56.2 Å². The smallest absolute Gasteiger partial charge is 0.193 e. The van der Waals surface area contributed by atoms with Gasteiger partial charge in [0.05, 0.1) is 12.4 Å². The lowest BCUT2D eigenvalue weighted by Crippen LogP contribution is -2.49. The van der Waals surface area contributed by atoms with Gasteiger partial charge in [-0.1, -0.05) is 19.1 Å². The van der Waals surface area contributed by atoms with Gasteiger partial charge >= 0.3 is 0 Å². The fourth-order valence-corrected chi connectivity index (χ4v) is 4.24. The van der Waals surface area contributed by atoms with Crippen LogP contribution >= 0.6 is 24.0 Å². The standard InChI is InChI=1S/C22H30N6.HI/c1-16-4-5-19-18(13-26-20(19)12-16)6-8-25-22(23-3)27-10-7-17(2)21(14-27)28-11-9-24-15-28;/h4-5,9,11-13,15,17,21,26H,6-8,10,14H2,1-3H3,(H,23,25);1H. The maximum absolute atomic E-state index is 4.54. The average molecular weight is 506 g/mol. The van der Waals surface area contributed by atoms with E-state index in [1.54, 1.807) is 0 Å². The monoisotopic (exact) mass is 506 g/mol. The molecule has 4 rings (SSSR count). The number of H-pyrrole nitrogens is 1. The number of piperidine rings is 1. The van der Waals surface area contributed by atoms with Gasteiger partial charge in [-0.15, -0.1) is 24.0 Å². The number of nitrogens with one attached hydrogen (secondary N) is 2. The SMILES string of the molecule is CN=C(NCCc1c[nH]c2cc(C)ccc12)N1CCC(C)C(n2ccnc2)C1.I. The first-order valence-electron chi connectivity index (χ1n) is 10.2. The Bertz CT molecular complexity index is 946. The molecule has 156 valence electrons. The minimum Gasteiger partial charge on any atom is -0.361 e. The number of rotatable bonds is 4. The summed E-state index contributed by atoms with van der Waals surface area (Å²) in [5, 5.41) is 4.89. The molecule has 1 fully saturated rings. The molecule has 1 saturated heterocycles. The molecule has 0 bridgehead atoms. The fraction of sp³-hybridized carbons (Fsp3) is 0.455. The third-order valence-electron chi connectivity index (χ3n) is 5.94. The Balaban J connectivity index is 0.00000240. The van der Waals surface area contributed by atoms with E-state index in [1.165, 1.54) is 22.0 Å². The van der Waals surface area contributed by atoms with Crippen LogP contribution in [0.2, 0.25) is 0 Å². The second-order valence-corrected chi connectivity index (χ2v) is 7.88. The maximum Gasteiger partial charge on any atom is 0.193 e. The van der Waals surface area contributed by atoms with Crippen LogP contribution in [-0.2, 0) is 6.42 Å². The van der Waals surface area contributed by atoms with Crippen LogP contribution in [0, 0.1) is 12.8 Å². The number of guanidine groups is 1. The summed E-state index contributed by atoms with van der Waals surface area (Å²) in [5.41, 5.74) is 3.85. The van der Waals surface area contributed by atoms with Gasteiger partial charge in [-0.25, -0.2) is 4.98 Å². The first-order chi connectivity index (χ1) is 13.7. The first kappa shape index (κ1) is 21.7. The van der Waals surface area contributed by atoms with E-state index >= 15 is 0 Å². The van der Waals surface area contributed by atoms with E-state index in [2.05, 4.69) is 74.2 Å². The van der Waals surface area contributed by atoms with Crippen molar-refractivity contribution in [3.63, 3.8) is 0 Å². The number of halogens is 1. The summed E-state index contributed by atoms with van der Waals surface area (Å²) in [6.07, 6.45) is 10.1. The van der Waals surface area contributed by atoms with Crippen molar-refractivity contribution < 1.29 is 0 Å². The quantitative estimate of drug-likeness (QED) is 0.320. The van der Waals surface area contributed by atoms with E-state index in [4.69, 9.17) is 0 Å². The van der Waals surface area contributed by atoms with E-state index in [0.29, 0.717) is 12.0 Å². The van der Waals surface area contributed by atoms with Crippen LogP contribution < -0.4 is 5.32 Å². The number of nitrogens with zero attached hydrogens (tertiary/aromatic N) is 4. The molecule has 29 heavy (non-hydrogen) atoms. The molecule has 3 aromatic rings. The number of likely N-dealkylation sites (tertiary alicyclic amines) is 1. The minimum absolute atomic E-state index is 0. The van der Waals surface area contributed by atoms with Gasteiger partial charge in [0.2, 0.25) is 0 Å². The van der Waals surface area contributed by atoms with Crippen molar-refractivity contribution in [3.05, 3.63) is 54.2 Å². The normalized spacial score (nSPS) is 20.0. The second-order valence-electron chi connectivity index (χ2n) is 7.88. The van der Waals surface area contributed by atoms with Gasteiger partial charge in [-0.3, -0.25) is 4.99 Å². The van der Waals surface area contributed by atoms with Gasteiger partial charge in [-0.05, 0) is 42.9 Å². The first-order valence-corrected chi connectivity index (χ1v) is 10.2. The molecule has 3 heterocycles. The summed E-state index contributed by atoms with van der Waals surface area (Å²) in [7, 11) is 1.88. The molecule has 0 aliphatic carbocycles. The predicted molar refractivity (Wildman–Crippen MR) is 130 cm³/mol. The topological polar surface area (TPSA) is 61.2 Å². The molecule has 7 heteroatoms. The summed E-state index contributed by atoms with van der Waals surface area (Å²) >= 11 is 0. The lowest BCUT2D eigenvalue weighted by atomic mass is 9.93. The second kappa shape index (κ2) is 9.65. The molecule has 1 aromatic carbocycles. The number of aliphatic imine (C=N–C) groups is 1. The number of imidazole rings is 1. The number of aromatic amines is 1. The Hall–Kier alpha value is -2.03. The Morgan fingerprint density at radius 3 is 3.00 bits per heavy atom. The summed E-state index contributed by atoms with van der Waals surface area (Å²) in [6.45, 7) is 7.33. The average Bonchev–Trinajstić information content (AvgIpc) is 3.36. The zero-order valence-corrected chi connectivity index (χ0v) is 19.8.